The van der Waals surface area contributed by atoms with Crippen LogP contribution in [-0.2, 0) is 16.0 Å². The zero-order valence-electron chi connectivity index (χ0n) is 14.4. The maximum absolute atomic E-state index is 12.2. The third-order valence-corrected chi connectivity index (χ3v) is 4.03. The second-order valence-corrected chi connectivity index (χ2v) is 5.91. The molecule has 1 saturated heterocycles. The lowest BCUT2D eigenvalue weighted by Gasteiger charge is -2.26. The molecule has 1 aliphatic heterocycles. The summed E-state index contributed by atoms with van der Waals surface area (Å²) < 4.78 is 5.23. The molecule has 1 fully saturated rings. The number of carboxylic acid groups (broad SMARTS) is 1. The first-order valence-electron chi connectivity index (χ1n) is 8.34. The minimum absolute atomic E-state index is 0.00608. The Bertz CT molecular complexity index is 830. The molecule has 9 nitrogen and oxygen atoms in total. The summed E-state index contributed by atoms with van der Waals surface area (Å²) in [5, 5.41) is 11.4. The van der Waals surface area contributed by atoms with E-state index in [0.29, 0.717) is 32.0 Å². The lowest BCUT2D eigenvalue weighted by atomic mass is 10.1. The van der Waals surface area contributed by atoms with Crippen molar-refractivity contribution in [1.82, 2.24) is 14.9 Å². The molecule has 140 valence electrons. The number of hydrogen-bond donors (Lipinski definition) is 2. The number of carbonyl (C=O) groups excluding carboxylic acids is 2. The van der Waals surface area contributed by atoms with E-state index in [2.05, 4.69) is 15.3 Å². The van der Waals surface area contributed by atoms with Gasteiger partial charge in [0.25, 0.3) is 5.91 Å². The molecule has 1 aromatic carbocycles. The summed E-state index contributed by atoms with van der Waals surface area (Å²) in [6.45, 7) is 2.34. The molecule has 2 heterocycles. The molecular weight excluding hydrogens is 352 g/mol. The number of anilines is 1. The Kier molecular flexibility index (Phi) is 5.72. The van der Waals surface area contributed by atoms with Gasteiger partial charge in [0.05, 0.1) is 32.0 Å². The zero-order chi connectivity index (χ0) is 19.2. The lowest BCUT2D eigenvalue weighted by molar-refractivity contribution is -0.134. The Balaban J connectivity index is 1.57. The number of morpholine rings is 1. The van der Waals surface area contributed by atoms with Gasteiger partial charge < -0.3 is 20.1 Å². The van der Waals surface area contributed by atoms with Gasteiger partial charge in [-0.05, 0) is 17.7 Å². The van der Waals surface area contributed by atoms with Gasteiger partial charge in [-0.15, -0.1) is 0 Å². The summed E-state index contributed by atoms with van der Waals surface area (Å²) >= 11 is 0. The molecule has 2 amide bonds. The van der Waals surface area contributed by atoms with Gasteiger partial charge in [0.1, 0.15) is 5.69 Å². The molecule has 1 aromatic heterocycles. The van der Waals surface area contributed by atoms with Gasteiger partial charge in [-0.1, -0.05) is 12.1 Å². The number of aromatic nitrogens is 2. The van der Waals surface area contributed by atoms with E-state index in [1.165, 1.54) is 0 Å². The van der Waals surface area contributed by atoms with Gasteiger partial charge in [0, 0.05) is 18.8 Å². The van der Waals surface area contributed by atoms with E-state index in [1.807, 2.05) is 0 Å². The number of nitrogens with zero attached hydrogens (tertiary/aromatic N) is 3. The summed E-state index contributed by atoms with van der Waals surface area (Å²) in [5.74, 6) is -1.67. The second kappa shape index (κ2) is 8.37. The van der Waals surface area contributed by atoms with Crippen LogP contribution in [0.2, 0.25) is 0 Å². The fourth-order valence-electron chi connectivity index (χ4n) is 2.56. The first-order chi connectivity index (χ1) is 13.0. The van der Waals surface area contributed by atoms with Crippen LogP contribution in [0.25, 0.3) is 0 Å². The highest BCUT2D eigenvalue weighted by Gasteiger charge is 2.17. The quantitative estimate of drug-likeness (QED) is 0.799. The number of nitrogens with one attached hydrogen (secondary N) is 1. The van der Waals surface area contributed by atoms with Crippen LogP contribution < -0.4 is 5.32 Å². The van der Waals surface area contributed by atoms with Crippen molar-refractivity contribution >= 4 is 23.5 Å². The molecule has 0 saturated carbocycles. The molecule has 2 aromatic rings. The second-order valence-electron chi connectivity index (χ2n) is 5.91. The summed E-state index contributed by atoms with van der Waals surface area (Å²) in [7, 11) is 0. The summed E-state index contributed by atoms with van der Waals surface area (Å²) in [4.78, 5) is 44.3. The van der Waals surface area contributed by atoms with Crippen molar-refractivity contribution in [1.29, 1.82) is 0 Å². The molecule has 27 heavy (non-hydrogen) atoms. The number of hydrogen-bond acceptors (Lipinski definition) is 6. The smallest absolute Gasteiger partial charge is 0.356 e. The van der Waals surface area contributed by atoms with Crippen molar-refractivity contribution in [3.8, 4) is 0 Å². The molecule has 0 atom stereocenters. The van der Waals surface area contributed by atoms with Crippen LogP contribution in [0.1, 0.15) is 26.5 Å². The van der Waals surface area contributed by atoms with Gasteiger partial charge >= 0.3 is 5.97 Å². The molecule has 0 aliphatic carbocycles. The largest absolute Gasteiger partial charge is 0.476 e. The Morgan fingerprint density at radius 3 is 2.26 bits per heavy atom. The third kappa shape index (κ3) is 4.85. The maximum atomic E-state index is 12.2. The molecule has 0 spiro atoms. The SMILES string of the molecule is O=C(O)c1cnc(C(=O)Nc2ccc(CC(=O)N3CCOCC3)cc2)cn1. The average Bonchev–Trinajstić information content (AvgIpc) is 2.70. The van der Waals surface area contributed by atoms with Crippen LogP contribution in [0.3, 0.4) is 0 Å². The molecule has 1 aliphatic rings. The predicted octanol–water partition coefficient (Wildman–Crippen LogP) is 0.828. The fourth-order valence-corrected chi connectivity index (χ4v) is 2.56. The fraction of sp³-hybridized carbons (Fsp3) is 0.278. The first-order valence-corrected chi connectivity index (χ1v) is 8.34. The molecule has 0 unspecified atom stereocenters. The van der Waals surface area contributed by atoms with Crippen LogP contribution in [-0.4, -0.2) is 64.1 Å². The van der Waals surface area contributed by atoms with Gasteiger partial charge in [-0.2, -0.15) is 0 Å². The van der Waals surface area contributed by atoms with Gasteiger partial charge in [0.15, 0.2) is 5.69 Å². The highest BCUT2D eigenvalue weighted by atomic mass is 16.5. The van der Waals surface area contributed by atoms with Gasteiger partial charge in [0.2, 0.25) is 5.91 Å². The Morgan fingerprint density at radius 2 is 1.67 bits per heavy atom. The van der Waals surface area contributed by atoms with Crippen molar-refractivity contribution in [3.05, 3.63) is 53.6 Å². The van der Waals surface area contributed by atoms with Gasteiger partial charge in [-0.3, -0.25) is 9.59 Å². The van der Waals surface area contributed by atoms with E-state index in [1.54, 1.807) is 29.2 Å². The number of rotatable bonds is 5. The van der Waals surface area contributed by atoms with E-state index < -0.39 is 11.9 Å². The minimum Gasteiger partial charge on any atom is -0.476 e. The molecule has 9 heteroatoms. The van der Waals surface area contributed by atoms with Crippen molar-refractivity contribution in [2.75, 3.05) is 31.6 Å². The van der Waals surface area contributed by atoms with Crippen LogP contribution in [0.5, 0.6) is 0 Å². The van der Waals surface area contributed by atoms with Crippen molar-refractivity contribution in [2.24, 2.45) is 0 Å². The standard InChI is InChI=1S/C18H18N4O5/c23-16(22-5-7-27-8-6-22)9-12-1-3-13(4-2-12)21-17(24)14-10-20-15(11-19-14)18(25)26/h1-4,10-11H,5-9H2,(H,21,24)(H,25,26). The number of amides is 2. The zero-order valence-corrected chi connectivity index (χ0v) is 14.4. The number of carboxylic acids is 1. The minimum atomic E-state index is -1.21. The monoisotopic (exact) mass is 370 g/mol. The van der Waals surface area contributed by atoms with Crippen LogP contribution >= 0.6 is 0 Å². The molecule has 2 N–H and O–H groups in total. The topological polar surface area (TPSA) is 122 Å². The molecular formula is C18H18N4O5. The van der Waals surface area contributed by atoms with Crippen LogP contribution in [0.15, 0.2) is 36.7 Å². The number of ether oxygens (including phenoxy) is 1. The Morgan fingerprint density at radius 1 is 1.04 bits per heavy atom. The Labute approximate surface area is 155 Å². The van der Waals surface area contributed by atoms with E-state index in [-0.39, 0.29) is 23.7 Å². The summed E-state index contributed by atoms with van der Waals surface area (Å²) in [5.41, 5.74) is 1.15. The van der Waals surface area contributed by atoms with E-state index >= 15 is 0 Å². The van der Waals surface area contributed by atoms with Crippen molar-refractivity contribution in [3.63, 3.8) is 0 Å². The highest BCUT2D eigenvalue weighted by molar-refractivity contribution is 6.02. The average molecular weight is 370 g/mol. The summed E-state index contributed by atoms with van der Waals surface area (Å²) in [6.07, 6.45) is 2.42. The van der Waals surface area contributed by atoms with Crippen molar-refractivity contribution < 1.29 is 24.2 Å². The Hall–Kier alpha value is -3.33. The molecule has 0 radical (unpaired) electrons. The third-order valence-electron chi connectivity index (χ3n) is 4.03. The van der Waals surface area contributed by atoms with Crippen molar-refractivity contribution in [2.45, 2.75) is 6.42 Å². The van der Waals surface area contributed by atoms with Gasteiger partial charge in [-0.25, -0.2) is 14.8 Å². The van der Waals surface area contributed by atoms with Crippen LogP contribution in [0, 0.1) is 0 Å². The first kappa shape index (κ1) is 18.5. The summed E-state index contributed by atoms with van der Waals surface area (Å²) in [6, 6.07) is 6.93. The molecule has 0 bridgehead atoms. The van der Waals surface area contributed by atoms with E-state index in [9.17, 15) is 14.4 Å². The maximum Gasteiger partial charge on any atom is 0.356 e. The normalized spacial score (nSPS) is 13.9. The predicted molar refractivity (Wildman–Crippen MR) is 94.5 cm³/mol. The lowest BCUT2D eigenvalue weighted by Crippen LogP contribution is -2.41. The van der Waals surface area contributed by atoms with E-state index in [4.69, 9.17) is 9.84 Å². The number of carbonyl (C=O) groups is 3. The highest BCUT2D eigenvalue weighted by Crippen LogP contribution is 2.12. The number of aromatic carboxylic acids is 1. The van der Waals surface area contributed by atoms with E-state index in [0.717, 1.165) is 18.0 Å². The van der Waals surface area contributed by atoms with Crippen LogP contribution in [0.4, 0.5) is 5.69 Å². The molecule has 3 rings (SSSR count). The number of benzene rings is 1.